The smallest absolute Gasteiger partial charge is 0.253 e. The van der Waals surface area contributed by atoms with Crippen LogP contribution >= 0.6 is 0 Å². The van der Waals surface area contributed by atoms with E-state index in [0.717, 1.165) is 91.1 Å². The molecule has 2 aliphatic carbocycles. The van der Waals surface area contributed by atoms with Gasteiger partial charge in [-0.2, -0.15) is 0 Å². The number of amides is 1. The van der Waals surface area contributed by atoms with Gasteiger partial charge in [0.05, 0.1) is 28.9 Å². The number of aromatic amines is 1. The summed E-state index contributed by atoms with van der Waals surface area (Å²) in [7, 11) is 1.86. The number of nitrogens with two attached hydrogens (primary N) is 2. The molecule has 0 radical (unpaired) electrons. The highest BCUT2D eigenvalue weighted by molar-refractivity contribution is 5.97. The Bertz CT molecular complexity index is 1820. The summed E-state index contributed by atoms with van der Waals surface area (Å²) >= 11 is 0. The lowest BCUT2D eigenvalue weighted by molar-refractivity contribution is 0.0792. The fourth-order valence-corrected chi connectivity index (χ4v) is 6.48. The van der Waals surface area contributed by atoms with E-state index in [2.05, 4.69) is 26.3 Å². The summed E-state index contributed by atoms with van der Waals surface area (Å²) in [6.45, 7) is 1.46. The fraction of sp³-hybridized carbons (Fsp3) is 0.378. The monoisotopic (exact) mass is 631 g/mol. The highest BCUT2D eigenvalue weighted by Crippen LogP contribution is 2.38. The predicted octanol–water partition coefficient (Wildman–Crippen LogP) is 5.35. The molecule has 4 aromatic rings. The van der Waals surface area contributed by atoms with Crippen LogP contribution in [0.3, 0.4) is 0 Å². The van der Waals surface area contributed by atoms with E-state index in [1.165, 1.54) is 12.0 Å². The molecule has 47 heavy (non-hydrogen) atoms. The molecule has 0 saturated heterocycles. The zero-order valence-corrected chi connectivity index (χ0v) is 27.1. The Balaban J connectivity index is 1.23. The predicted molar refractivity (Wildman–Crippen MR) is 187 cm³/mol. The van der Waals surface area contributed by atoms with Crippen LogP contribution in [0.4, 0.5) is 0 Å². The molecule has 2 aromatic carbocycles. The van der Waals surface area contributed by atoms with Gasteiger partial charge in [0.1, 0.15) is 11.5 Å². The number of nitrogens with zero attached hydrogens (tertiary/aromatic N) is 4. The maximum absolute atomic E-state index is 13.6. The number of carbonyl (C=O) groups is 1. The van der Waals surface area contributed by atoms with Crippen LogP contribution in [0.2, 0.25) is 0 Å². The number of hydrogen-bond donors (Lipinski definition) is 5. The lowest BCUT2D eigenvalue weighted by atomic mass is 9.87. The summed E-state index contributed by atoms with van der Waals surface area (Å²) in [6, 6.07) is 16.1. The molecule has 0 bridgehead atoms. The first kappa shape index (κ1) is 31.0. The van der Waals surface area contributed by atoms with Crippen LogP contribution in [-0.4, -0.2) is 62.2 Å². The van der Waals surface area contributed by atoms with Gasteiger partial charge >= 0.3 is 0 Å². The molecular weight excluding hydrogens is 586 g/mol. The molecule has 2 saturated carbocycles. The van der Waals surface area contributed by atoms with Gasteiger partial charge in [-0.05, 0) is 94.0 Å². The maximum Gasteiger partial charge on any atom is 0.253 e. The Morgan fingerprint density at radius 2 is 2.00 bits per heavy atom. The van der Waals surface area contributed by atoms with Crippen molar-refractivity contribution in [3.8, 4) is 22.9 Å². The number of carbonyl (C=O) groups excluding carboxylic acids is 1. The second kappa shape index (κ2) is 13.2. The second-order valence-electron chi connectivity index (χ2n) is 13.2. The van der Waals surface area contributed by atoms with Crippen molar-refractivity contribution in [1.29, 1.82) is 0 Å². The second-order valence-corrected chi connectivity index (χ2v) is 13.2. The van der Waals surface area contributed by atoms with Crippen molar-refractivity contribution in [3.63, 3.8) is 0 Å². The zero-order chi connectivity index (χ0) is 32.4. The van der Waals surface area contributed by atoms with Crippen LogP contribution in [0.25, 0.3) is 33.9 Å². The van der Waals surface area contributed by atoms with Crippen LogP contribution < -0.4 is 22.1 Å². The number of benzene rings is 2. The lowest BCUT2D eigenvalue weighted by Crippen LogP contribution is -2.40. The van der Waals surface area contributed by atoms with Crippen molar-refractivity contribution in [3.05, 3.63) is 96.0 Å². The third-order valence-electron chi connectivity index (χ3n) is 9.74. The van der Waals surface area contributed by atoms with E-state index in [1.807, 2.05) is 80.1 Å². The molecule has 0 spiro atoms. The van der Waals surface area contributed by atoms with Crippen LogP contribution in [0.1, 0.15) is 67.8 Å². The SMILES string of the molecule is CN(CCC1C=CC=CN1)C(=O)c1ccc2c(c1)nc(-c1cnc(-c3ccccc3)[nH]1)n2C(CCCNC1(N)CC1)C(N)=C1CCC1. The van der Waals surface area contributed by atoms with E-state index in [4.69, 9.17) is 21.4 Å². The molecule has 10 nitrogen and oxygen atoms in total. The number of aromatic nitrogens is 4. The first-order valence-electron chi connectivity index (χ1n) is 16.9. The molecule has 2 unspecified atom stereocenters. The number of imidazole rings is 2. The number of hydrogen-bond acceptors (Lipinski definition) is 7. The average molecular weight is 632 g/mol. The van der Waals surface area contributed by atoms with Crippen molar-refractivity contribution in [2.24, 2.45) is 11.5 Å². The number of nitrogens with one attached hydrogen (secondary N) is 3. The van der Waals surface area contributed by atoms with Crippen molar-refractivity contribution in [2.75, 3.05) is 20.1 Å². The minimum absolute atomic E-state index is 0.0271. The van der Waals surface area contributed by atoms with Crippen LogP contribution in [0.15, 0.2) is 90.4 Å². The van der Waals surface area contributed by atoms with Gasteiger partial charge in [-0.3, -0.25) is 10.1 Å². The van der Waals surface area contributed by atoms with Gasteiger partial charge in [0, 0.05) is 36.5 Å². The molecular formula is C37H45N9O. The summed E-state index contributed by atoms with van der Waals surface area (Å²) in [5.41, 5.74) is 19.5. The molecule has 2 aromatic heterocycles. The van der Waals surface area contributed by atoms with Crippen molar-refractivity contribution >= 4 is 16.9 Å². The number of dihydropyridines is 1. The first-order valence-corrected chi connectivity index (χ1v) is 16.9. The standard InChI is InChI=1S/C37H45N9O/c1-45(22-17-28-13-5-6-20-40-28)36(47)27-15-16-31-29(23-27)44-35(30-24-41-34(43-30)26-9-3-2-4-10-26)46(31)32(33(38)25-11-7-12-25)14-8-21-42-37(39)18-19-37/h2-6,9-10,13,15-16,20,23-24,28,32,40,42H,7-8,11-12,14,17-19,21-22,38-39H2,1H3,(H,41,43). The largest absolute Gasteiger partial charge is 0.400 e. The molecule has 2 atom stereocenters. The van der Waals surface area contributed by atoms with Gasteiger partial charge in [0.15, 0.2) is 5.82 Å². The van der Waals surface area contributed by atoms with Crippen LogP contribution in [0, 0.1) is 0 Å². The molecule has 1 amide bonds. The molecule has 7 N–H and O–H groups in total. The molecule has 244 valence electrons. The molecule has 10 heteroatoms. The van der Waals surface area contributed by atoms with Crippen LogP contribution in [-0.2, 0) is 0 Å². The average Bonchev–Trinajstić information content (AvgIpc) is 3.43. The van der Waals surface area contributed by atoms with Crippen LogP contribution in [0.5, 0.6) is 0 Å². The maximum atomic E-state index is 13.6. The van der Waals surface area contributed by atoms with Crippen molar-refractivity contribution in [2.45, 2.75) is 69.1 Å². The van der Waals surface area contributed by atoms with Crippen molar-refractivity contribution < 1.29 is 4.79 Å². The van der Waals surface area contributed by atoms with Gasteiger partial charge in [0.25, 0.3) is 5.91 Å². The molecule has 1 aliphatic heterocycles. The van der Waals surface area contributed by atoms with E-state index in [9.17, 15) is 4.79 Å². The summed E-state index contributed by atoms with van der Waals surface area (Å²) in [4.78, 5) is 28.8. The summed E-state index contributed by atoms with van der Waals surface area (Å²) in [6.07, 6.45) is 17.8. The molecule has 7 rings (SSSR count). The minimum Gasteiger partial charge on any atom is -0.400 e. The van der Waals surface area contributed by atoms with E-state index in [1.54, 1.807) is 4.90 Å². The topological polar surface area (TPSA) is 143 Å². The van der Waals surface area contributed by atoms with Gasteiger partial charge in [-0.15, -0.1) is 0 Å². The Labute approximate surface area is 276 Å². The Morgan fingerprint density at radius 3 is 2.72 bits per heavy atom. The van der Waals surface area contributed by atoms with E-state index >= 15 is 0 Å². The normalized spacial score (nSPS) is 18.5. The minimum atomic E-state index is -0.207. The number of allylic oxidation sites excluding steroid dienone is 4. The fourth-order valence-electron chi connectivity index (χ4n) is 6.48. The highest BCUT2D eigenvalue weighted by atomic mass is 16.2. The Hall–Kier alpha value is -4.67. The molecule has 3 heterocycles. The van der Waals surface area contributed by atoms with Crippen molar-refractivity contribution in [1.82, 2.24) is 35.1 Å². The molecule has 2 fully saturated rings. The Morgan fingerprint density at radius 1 is 1.17 bits per heavy atom. The van der Waals surface area contributed by atoms with E-state index in [-0.39, 0.29) is 23.7 Å². The Kier molecular flexibility index (Phi) is 8.70. The first-order chi connectivity index (χ1) is 22.9. The van der Waals surface area contributed by atoms with E-state index < -0.39 is 0 Å². The van der Waals surface area contributed by atoms with Gasteiger partial charge in [-0.25, -0.2) is 9.97 Å². The van der Waals surface area contributed by atoms with E-state index in [0.29, 0.717) is 12.1 Å². The summed E-state index contributed by atoms with van der Waals surface area (Å²) in [5.74, 6) is 1.51. The van der Waals surface area contributed by atoms with Gasteiger partial charge < -0.3 is 31.2 Å². The number of rotatable bonds is 13. The number of H-pyrrole nitrogens is 1. The third kappa shape index (κ3) is 6.75. The quantitative estimate of drug-likeness (QED) is 0.0989. The highest BCUT2D eigenvalue weighted by Gasteiger charge is 2.37. The summed E-state index contributed by atoms with van der Waals surface area (Å²) in [5, 5.41) is 6.85. The lowest BCUT2D eigenvalue weighted by Gasteiger charge is -2.28. The molecule has 3 aliphatic rings. The van der Waals surface area contributed by atoms with Gasteiger partial charge in [-0.1, -0.05) is 42.5 Å². The van der Waals surface area contributed by atoms with Gasteiger partial charge in [0.2, 0.25) is 0 Å². The third-order valence-corrected chi connectivity index (χ3v) is 9.74. The summed E-state index contributed by atoms with van der Waals surface area (Å²) < 4.78 is 2.26. The zero-order valence-electron chi connectivity index (χ0n) is 27.1. The number of fused-ring (bicyclic) bond motifs is 1.